The molecule has 0 atom stereocenters. The Morgan fingerprint density at radius 2 is 1.36 bits per heavy atom. The van der Waals surface area contributed by atoms with E-state index in [1.54, 1.807) is 66.7 Å². The van der Waals surface area contributed by atoms with Crippen LogP contribution in [0.4, 0.5) is 0 Å². The van der Waals surface area contributed by atoms with Crippen molar-refractivity contribution in [2.45, 2.75) is 28.0 Å². The van der Waals surface area contributed by atoms with E-state index in [0.29, 0.717) is 35.2 Å². The number of hydrogen-bond donors (Lipinski definition) is 1. The maximum Gasteiger partial charge on any atom is 0.243 e. The number of rotatable bonds is 8. The molecule has 0 unspecified atom stereocenters. The van der Waals surface area contributed by atoms with Gasteiger partial charge in [-0.3, -0.25) is 9.59 Å². The molecule has 1 aliphatic carbocycles. The molecule has 0 radical (unpaired) electrons. The van der Waals surface area contributed by atoms with Gasteiger partial charge in [0.05, 0.1) is 11.5 Å². The molecule has 1 N–H and O–H groups in total. The number of benzene rings is 3. The molecule has 0 heterocycles. The van der Waals surface area contributed by atoms with Crippen molar-refractivity contribution in [1.29, 1.82) is 0 Å². The fourth-order valence-electron chi connectivity index (χ4n) is 3.82. The summed E-state index contributed by atoms with van der Waals surface area (Å²) in [5, 5.41) is 9.20. The molecule has 170 valence electrons. The van der Waals surface area contributed by atoms with Crippen molar-refractivity contribution in [1.82, 2.24) is 4.31 Å². The maximum atomic E-state index is 12.9. The molecule has 0 fully saturated rings. The lowest BCUT2D eigenvalue weighted by molar-refractivity contribution is 0.0979. The molecule has 0 spiro atoms. The van der Waals surface area contributed by atoms with Crippen molar-refractivity contribution in [3.8, 4) is 0 Å². The molecular weight excluding hydrogens is 458 g/mol. The molecule has 0 saturated carbocycles. The quantitative estimate of drug-likeness (QED) is 0.409. The molecule has 1 aliphatic rings. The van der Waals surface area contributed by atoms with Gasteiger partial charge >= 0.3 is 0 Å². The van der Waals surface area contributed by atoms with Crippen molar-refractivity contribution < 1.29 is 23.1 Å². The van der Waals surface area contributed by atoms with E-state index in [4.69, 9.17) is 0 Å². The van der Waals surface area contributed by atoms with Crippen LogP contribution in [0.2, 0.25) is 0 Å². The summed E-state index contributed by atoms with van der Waals surface area (Å²) in [6.07, 6.45) is 0.650. The Morgan fingerprint density at radius 1 is 0.788 bits per heavy atom. The van der Waals surface area contributed by atoms with E-state index < -0.39 is 10.0 Å². The first-order chi connectivity index (χ1) is 15.9. The first-order valence-corrected chi connectivity index (χ1v) is 12.8. The lowest BCUT2D eigenvalue weighted by atomic mass is 9.84. The molecule has 3 aromatic rings. The van der Waals surface area contributed by atoms with Crippen molar-refractivity contribution in [3.63, 3.8) is 0 Å². The molecule has 0 saturated heterocycles. The number of nitrogens with zero attached hydrogens (tertiary/aromatic N) is 1. The number of carbonyl (C=O) groups excluding carboxylic acids is 2. The molecule has 0 amide bonds. The average molecular weight is 482 g/mol. The SMILES string of the molecule is CCCN(CCO)S(=O)(=O)c1ccc(Sc2ccc3c(c2)C(=O)c2ccccc2C3=O)cc1. The summed E-state index contributed by atoms with van der Waals surface area (Å²) in [4.78, 5) is 27.4. The highest BCUT2D eigenvalue weighted by atomic mass is 32.2. The summed E-state index contributed by atoms with van der Waals surface area (Å²) in [6.45, 7) is 2.04. The molecule has 0 aliphatic heterocycles. The van der Waals surface area contributed by atoms with Crippen LogP contribution in [0.3, 0.4) is 0 Å². The van der Waals surface area contributed by atoms with Gasteiger partial charge in [0, 0.05) is 45.1 Å². The van der Waals surface area contributed by atoms with Gasteiger partial charge in [0.25, 0.3) is 0 Å². The van der Waals surface area contributed by atoms with Crippen LogP contribution in [-0.2, 0) is 10.0 Å². The number of sulfonamides is 1. The number of aliphatic hydroxyl groups excluding tert-OH is 1. The third kappa shape index (κ3) is 4.52. The molecule has 4 rings (SSSR count). The third-order valence-electron chi connectivity index (χ3n) is 5.42. The highest BCUT2D eigenvalue weighted by Gasteiger charge is 2.29. The third-order valence-corrected chi connectivity index (χ3v) is 8.33. The fourth-order valence-corrected chi connectivity index (χ4v) is 6.20. The van der Waals surface area contributed by atoms with Gasteiger partial charge in [-0.1, -0.05) is 43.0 Å². The Morgan fingerprint density at radius 3 is 1.97 bits per heavy atom. The van der Waals surface area contributed by atoms with Crippen molar-refractivity contribution >= 4 is 33.4 Å². The highest BCUT2D eigenvalue weighted by Crippen LogP contribution is 2.34. The van der Waals surface area contributed by atoms with E-state index >= 15 is 0 Å². The largest absolute Gasteiger partial charge is 0.395 e. The first kappa shape index (κ1) is 23.4. The van der Waals surface area contributed by atoms with E-state index in [0.717, 1.165) is 9.79 Å². The Bertz CT molecular complexity index is 1310. The van der Waals surface area contributed by atoms with Gasteiger partial charge in [-0.15, -0.1) is 0 Å². The second-order valence-corrected chi connectivity index (χ2v) is 10.7. The minimum Gasteiger partial charge on any atom is -0.395 e. The Labute approximate surface area is 197 Å². The number of aliphatic hydroxyl groups is 1. The zero-order chi connectivity index (χ0) is 23.6. The van der Waals surface area contributed by atoms with Crippen LogP contribution in [0.5, 0.6) is 0 Å². The number of carbonyl (C=O) groups is 2. The van der Waals surface area contributed by atoms with Gasteiger partial charge in [0.15, 0.2) is 11.6 Å². The second-order valence-electron chi connectivity index (χ2n) is 7.61. The van der Waals surface area contributed by atoms with Gasteiger partial charge < -0.3 is 5.11 Å². The van der Waals surface area contributed by atoms with Crippen LogP contribution in [-0.4, -0.2) is 49.1 Å². The lowest BCUT2D eigenvalue weighted by Gasteiger charge is -2.20. The van der Waals surface area contributed by atoms with Crippen LogP contribution in [0.15, 0.2) is 81.4 Å². The van der Waals surface area contributed by atoms with E-state index in [1.807, 2.05) is 6.92 Å². The predicted octanol–water partition coefficient (Wildman–Crippen LogP) is 4.01. The van der Waals surface area contributed by atoms with Crippen molar-refractivity contribution in [2.24, 2.45) is 0 Å². The summed E-state index contributed by atoms with van der Waals surface area (Å²) in [5.41, 5.74) is 1.60. The Balaban J connectivity index is 1.57. The highest BCUT2D eigenvalue weighted by molar-refractivity contribution is 7.99. The number of hydrogen-bond acceptors (Lipinski definition) is 6. The van der Waals surface area contributed by atoms with Crippen LogP contribution in [0.25, 0.3) is 0 Å². The molecule has 0 bridgehead atoms. The molecule has 3 aromatic carbocycles. The van der Waals surface area contributed by atoms with Gasteiger partial charge in [0.1, 0.15) is 0 Å². The van der Waals surface area contributed by atoms with E-state index in [2.05, 4.69) is 0 Å². The average Bonchev–Trinajstić information content (AvgIpc) is 2.83. The standard InChI is InChI=1S/C25H23NO5S2/c1-2-13-26(14-15-27)33(30,31)19-10-7-17(8-11-19)32-18-9-12-22-23(16-18)25(29)21-6-4-3-5-20(21)24(22)28/h3-12,16,27H,2,13-15H2,1H3. The number of fused-ring (bicyclic) bond motifs is 2. The molecule has 8 heteroatoms. The van der Waals surface area contributed by atoms with Crippen LogP contribution < -0.4 is 0 Å². The Hall–Kier alpha value is -2.78. The number of ketones is 2. The van der Waals surface area contributed by atoms with Gasteiger partial charge in [-0.2, -0.15) is 4.31 Å². The lowest BCUT2D eigenvalue weighted by Crippen LogP contribution is -2.34. The summed E-state index contributed by atoms with van der Waals surface area (Å²) in [5.74, 6) is -0.338. The maximum absolute atomic E-state index is 12.9. The smallest absolute Gasteiger partial charge is 0.243 e. The topological polar surface area (TPSA) is 91.8 Å². The monoisotopic (exact) mass is 481 g/mol. The Kier molecular flexibility index (Phi) is 6.81. The van der Waals surface area contributed by atoms with E-state index in [-0.39, 0.29) is 29.6 Å². The van der Waals surface area contributed by atoms with Gasteiger partial charge in [-0.25, -0.2) is 8.42 Å². The van der Waals surface area contributed by atoms with Gasteiger partial charge in [-0.05, 0) is 48.9 Å². The molecule has 6 nitrogen and oxygen atoms in total. The zero-order valence-corrected chi connectivity index (χ0v) is 19.7. The van der Waals surface area contributed by atoms with Crippen LogP contribution in [0.1, 0.15) is 45.2 Å². The summed E-state index contributed by atoms with van der Waals surface area (Å²) >= 11 is 1.38. The van der Waals surface area contributed by atoms with Crippen LogP contribution >= 0.6 is 11.8 Å². The van der Waals surface area contributed by atoms with Crippen molar-refractivity contribution in [2.75, 3.05) is 19.7 Å². The van der Waals surface area contributed by atoms with Gasteiger partial charge in [0.2, 0.25) is 10.0 Å². The summed E-state index contributed by atoms with van der Waals surface area (Å²) in [7, 11) is -3.69. The van der Waals surface area contributed by atoms with E-state index in [1.165, 1.54) is 16.1 Å². The normalized spacial score (nSPS) is 13.2. The van der Waals surface area contributed by atoms with E-state index in [9.17, 15) is 23.1 Å². The van der Waals surface area contributed by atoms with Crippen LogP contribution in [0, 0.1) is 0 Å². The fraction of sp³-hybridized carbons (Fsp3) is 0.200. The summed E-state index contributed by atoms with van der Waals surface area (Å²) < 4.78 is 27.0. The predicted molar refractivity (Wildman–Crippen MR) is 126 cm³/mol. The minimum absolute atomic E-state index is 0.0533. The zero-order valence-electron chi connectivity index (χ0n) is 18.0. The van der Waals surface area contributed by atoms with Crippen molar-refractivity contribution in [3.05, 3.63) is 89.0 Å². The molecular formula is C25H23NO5S2. The minimum atomic E-state index is -3.69. The molecule has 33 heavy (non-hydrogen) atoms. The molecule has 0 aromatic heterocycles. The first-order valence-electron chi connectivity index (χ1n) is 10.6. The summed E-state index contributed by atoms with van der Waals surface area (Å²) in [6, 6.07) is 18.5. The second kappa shape index (κ2) is 9.61.